The molecule has 1 N–H and O–H groups in total. The van der Waals surface area contributed by atoms with Crippen molar-refractivity contribution in [2.45, 2.75) is 70.1 Å². The van der Waals surface area contributed by atoms with Crippen molar-refractivity contribution in [2.75, 3.05) is 20.1 Å². The summed E-state index contributed by atoms with van der Waals surface area (Å²) in [6, 6.07) is 16.4. The molecular weight excluding hydrogens is 469 g/mol. The number of carbonyl (C=O) groups excluding carboxylic acids is 2. The predicted octanol–water partition coefficient (Wildman–Crippen LogP) is 4.38. The standard InChI is InChI=1S/C29H36FN5O2/c1-19-31-29-25(30)10-7-11-27(29)35(19)24-16-22-12-13-23(17-24)34(22)15-14-26(21-8-5-4-6-9-21)32-28(37)18-33(3)20(2)36/h4-11,22-24,26H,12-18H2,1-3H3,(H,32,37)/t22?,23?,24?,26-/m0/s1. The maximum Gasteiger partial charge on any atom is 0.240 e. The van der Waals surface area contributed by atoms with Crippen LogP contribution in [0.4, 0.5) is 4.39 Å². The molecule has 0 saturated carbocycles. The molecule has 2 bridgehead atoms. The third-order valence-corrected chi connectivity index (χ3v) is 8.20. The number of piperidine rings is 1. The molecule has 7 nitrogen and oxygen atoms in total. The van der Waals surface area contributed by atoms with E-state index >= 15 is 0 Å². The van der Waals surface area contributed by atoms with E-state index in [0.29, 0.717) is 23.6 Å². The van der Waals surface area contributed by atoms with Crippen LogP contribution in [0.5, 0.6) is 0 Å². The lowest BCUT2D eigenvalue weighted by Crippen LogP contribution is -2.45. The quantitative estimate of drug-likeness (QED) is 0.493. The number of aryl methyl sites for hydroxylation is 1. The summed E-state index contributed by atoms with van der Waals surface area (Å²) in [6.45, 7) is 4.38. The number of fused-ring (bicyclic) bond motifs is 3. The molecular formula is C29H36FN5O2. The summed E-state index contributed by atoms with van der Waals surface area (Å²) < 4.78 is 16.6. The molecule has 2 aliphatic heterocycles. The van der Waals surface area contributed by atoms with Crippen molar-refractivity contribution < 1.29 is 14.0 Å². The van der Waals surface area contributed by atoms with E-state index in [-0.39, 0.29) is 30.2 Å². The van der Waals surface area contributed by atoms with Crippen LogP contribution >= 0.6 is 0 Å². The second kappa shape index (κ2) is 10.6. The van der Waals surface area contributed by atoms with Crippen molar-refractivity contribution in [3.8, 4) is 0 Å². The minimum atomic E-state index is -0.261. The van der Waals surface area contributed by atoms with Crippen LogP contribution in [0.15, 0.2) is 48.5 Å². The highest BCUT2D eigenvalue weighted by molar-refractivity contribution is 5.83. The number of nitrogens with zero attached hydrogens (tertiary/aromatic N) is 4. The third-order valence-electron chi connectivity index (χ3n) is 8.20. The highest BCUT2D eigenvalue weighted by Gasteiger charge is 2.42. The second-order valence-corrected chi connectivity index (χ2v) is 10.6. The summed E-state index contributed by atoms with van der Waals surface area (Å²) in [5.41, 5.74) is 2.43. The topological polar surface area (TPSA) is 70.5 Å². The number of nitrogens with one attached hydrogen (secondary N) is 1. The zero-order valence-electron chi connectivity index (χ0n) is 21.9. The predicted molar refractivity (Wildman–Crippen MR) is 141 cm³/mol. The monoisotopic (exact) mass is 505 g/mol. The van der Waals surface area contributed by atoms with Gasteiger partial charge in [-0.2, -0.15) is 0 Å². The summed E-state index contributed by atoms with van der Waals surface area (Å²) in [6.07, 6.45) is 5.16. The number of hydrogen-bond donors (Lipinski definition) is 1. The average molecular weight is 506 g/mol. The van der Waals surface area contributed by atoms with Gasteiger partial charge in [0.05, 0.1) is 18.1 Å². The van der Waals surface area contributed by atoms with E-state index < -0.39 is 0 Å². The molecule has 2 aliphatic rings. The molecule has 5 rings (SSSR count). The molecule has 2 aromatic carbocycles. The maximum absolute atomic E-state index is 14.4. The molecule has 2 amide bonds. The van der Waals surface area contributed by atoms with Crippen LogP contribution in [0, 0.1) is 12.7 Å². The number of likely N-dealkylation sites (N-methyl/N-ethyl adjacent to an activating group) is 1. The van der Waals surface area contributed by atoms with E-state index in [9.17, 15) is 14.0 Å². The normalized spacial score (nSPS) is 22.2. The molecule has 196 valence electrons. The van der Waals surface area contributed by atoms with Crippen molar-refractivity contribution >= 4 is 22.8 Å². The summed E-state index contributed by atoms with van der Waals surface area (Å²) in [4.78, 5) is 32.9. The highest BCUT2D eigenvalue weighted by Crippen LogP contribution is 2.42. The molecule has 0 spiro atoms. The molecule has 2 fully saturated rings. The molecule has 3 atom stereocenters. The van der Waals surface area contributed by atoms with Gasteiger partial charge in [-0.25, -0.2) is 9.37 Å². The van der Waals surface area contributed by atoms with Gasteiger partial charge in [-0.1, -0.05) is 36.4 Å². The lowest BCUT2D eigenvalue weighted by Gasteiger charge is -2.40. The van der Waals surface area contributed by atoms with E-state index in [1.54, 1.807) is 13.1 Å². The number of benzene rings is 2. The molecule has 0 aliphatic carbocycles. The maximum atomic E-state index is 14.4. The van der Waals surface area contributed by atoms with Gasteiger partial charge in [0.25, 0.3) is 0 Å². The van der Waals surface area contributed by atoms with Crippen LogP contribution in [0.2, 0.25) is 0 Å². The van der Waals surface area contributed by atoms with Gasteiger partial charge in [-0.05, 0) is 56.7 Å². The first-order valence-corrected chi connectivity index (χ1v) is 13.3. The van der Waals surface area contributed by atoms with Crippen LogP contribution in [-0.4, -0.2) is 63.4 Å². The molecule has 2 saturated heterocycles. The number of aromatic nitrogens is 2. The lowest BCUT2D eigenvalue weighted by molar-refractivity contribution is -0.133. The van der Waals surface area contributed by atoms with E-state index in [1.807, 2.05) is 43.3 Å². The Hall–Kier alpha value is -3.26. The van der Waals surface area contributed by atoms with Gasteiger partial charge >= 0.3 is 0 Å². The summed E-state index contributed by atoms with van der Waals surface area (Å²) in [7, 11) is 1.64. The first kappa shape index (κ1) is 25.4. The van der Waals surface area contributed by atoms with Crippen LogP contribution in [0.25, 0.3) is 11.0 Å². The smallest absolute Gasteiger partial charge is 0.240 e. The molecule has 2 unspecified atom stereocenters. The Morgan fingerprint density at radius 2 is 1.78 bits per heavy atom. The Morgan fingerprint density at radius 1 is 1.08 bits per heavy atom. The second-order valence-electron chi connectivity index (χ2n) is 10.6. The number of para-hydroxylation sites is 1. The zero-order chi connectivity index (χ0) is 26.1. The first-order valence-electron chi connectivity index (χ1n) is 13.3. The van der Waals surface area contributed by atoms with Gasteiger partial charge in [0.2, 0.25) is 11.8 Å². The van der Waals surface area contributed by atoms with Gasteiger partial charge in [0, 0.05) is 38.6 Å². The number of amides is 2. The van der Waals surface area contributed by atoms with Gasteiger partial charge in [0.15, 0.2) is 5.82 Å². The van der Waals surface area contributed by atoms with Gasteiger partial charge in [-0.3, -0.25) is 14.5 Å². The van der Waals surface area contributed by atoms with Crippen LogP contribution in [0.3, 0.4) is 0 Å². The molecule has 37 heavy (non-hydrogen) atoms. The van der Waals surface area contributed by atoms with Crippen molar-refractivity contribution in [2.24, 2.45) is 0 Å². The van der Waals surface area contributed by atoms with Crippen molar-refractivity contribution in [3.05, 3.63) is 65.7 Å². The molecule has 1 aromatic heterocycles. The molecule has 8 heteroatoms. The molecule has 3 heterocycles. The largest absolute Gasteiger partial charge is 0.348 e. The number of carbonyl (C=O) groups is 2. The fraction of sp³-hybridized carbons (Fsp3) is 0.483. The molecule has 0 radical (unpaired) electrons. The van der Waals surface area contributed by atoms with Gasteiger partial charge < -0.3 is 14.8 Å². The van der Waals surface area contributed by atoms with E-state index in [0.717, 1.165) is 55.6 Å². The third kappa shape index (κ3) is 5.25. The van der Waals surface area contributed by atoms with Crippen molar-refractivity contribution in [1.29, 1.82) is 0 Å². The summed E-state index contributed by atoms with van der Waals surface area (Å²) >= 11 is 0. The molecule has 3 aromatic rings. The summed E-state index contributed by atoms with van der Waals surface area (Å²) in [5.74, 6) is 0.334. The van der Waals surface area contributed by atoms with E-state index in [4.69, 9.17) is 0 Å². The van der Waals surface area contributed by atoms with Crippen LogP contribution in [0.1, 0.15) is 62.5 Å². The lowest BCUT2D eigenvalue weighted by atomic mass is 9.95. The van der Waals surface area contributed by atoms with E-state index in [1.165, 1.54) is 17.9 Å². The fourth-order valence-electron chi connectivity index (χ4n) is 6.33. The highest BCUT2D eigenvalue weighted by atomic mass is 19.1. The number of halogens is 1. The Morgan fingerprint density at radius 3 is 2.46 bits per heavy atom. The Balaban J connectivity index is 1.28. The fourth-order valence-corrected chi connectivity index (χ4v) is 6.33. The number of rotatable bonds is 8. The number of imidazole rings is 1. The SMILES string of the molecule is CC(=O)N(C)CC(=O)N[C@@H](CCN1C2CCC1CC(n1c(C)nc3c(F)cccc31)C2)c1ccccc1. The Bertz CT molecular complexity index is 1260. The number of hydrogen-bond acceptors (Lipinski definition) is 4. The van der Waals surface area contributed by atoms with Crippen LogP contribution < -0.4 is 5.32 Å². The Labute approximate surface area is 217 Å². The van der Waals surface area contributed by atoms with E-state index in [2.05, 4.69) is 19.8 Å². The minimum absolute atomic E-state index is 0.0497. The van der Waals surface area contributed by atoms with Gasteiger partial charge in [0.1, 0.15) is 11.3 Å². The minimum Gasteiger partial charge on any atom is -0.348 e. The van der Waals surface area contributed by atoms with Gasteiger partial charge in [-0.15, -0.1) is 0 Å². The first-order chi connectivity index (χ1) is 17.8. The van der Waals surface area contributed by atoms with Crippen molar-refractivity contribution in [3.63, 3.8) is 0 Å². The zero-order valence-corrected chi connectivity index (χ0v) is 21.9. The Kier molecular flexibility index (Phi) is 7.29. The average Bonchev–Trinajstić information content (AvgIpc) is 3.34. The van der Waals surface area contributed by atoms with Crippen molar-refractivity contribution in [1.82, 2.24) is 24.7 Å². The summed E-state index contributed by atoms with van der Waals surface area (Å²) in [5, 5.41) is 3.17. The van der Waals surface area contributed by atoms with Crippen LogP contribution in [-0.2, 0) is 9.59 Å².